The molecule has 11 aromatic rings. The van der Waals surface area contributed by atoms with Crippen LogP contribution in [0.2, 0.25) is 0 Å². The third kappa shape index (κ3) is 4.68. The van der Waals surface area contributed by atoms with E-state index < -0.39 is 0 Å². The zero-order valence-electron chi connectivity index (χ0n) is 32.3. The number of hydrogen-bond donors (Lipinski definition) is 0. The molecule has 0 spiro atoms. The van der Waals surface area contributed by atoms with Crippen LogP contribution in [0.5, 0.6) is 0 Å². The highest BCUT2D eigenvalue weighted by Gasteiger charge is 2.40. The lowest BCUT2D eigenvalue weighted by Crippen LogP contribution is -2.17. The lowest BCUT2D eigenvalue weighted by molar-refractivity contribution is 0.653. The predicted molar refractivity (Wildman–Crippen MR) is 243 cm³/mol. The van der Waals surface area contributed by atoms with E-state index in [0.29, 0.717) is 0 Å². The molecule has 0 bridgehead atoms. The number of anilines is 3. The first kappa shape index (κ1) is 32.8. The van der Waals surface area contributed by atoms with Gasteiger partial charge in [-0.3, -0.25) is 0 Å². The normalized spacial score (nSPS) is 13.1. The number of benzene rings is 9. The van der Waals surface area contributed by atoms with Gasteiger partial charge in [-0.2, -0.15) is 0 Å². The SMILES string of the molecule is CC1(C)c2ccc3ccccc3c2-c2c1cc(N(c1ccc(-c3ccccc3)cc1)c1ccc3c4ccccc4n(-c4ccccc4)c3c1)c1c2oc2ccccc21. The summed E-state index contributed by atoms with van der Waals surface area (Å²) in [5.41, 5.74) is 15.7. The summed E-state index contributed by atoms with van der Waals surface area (Å²) in [6.45, 7) is 4.74. The lowest BCUT2D eigenvalue weighted by Gasteiger charge is -2.29. The number of nitrogens with zero attached hydrogens (tertiary/aromatic N) is 2. The maximum atomic E-state index is 7.09. The van der Waals surface area contributed by atoms with Crippen molar-refractivity contribution in [3.8, 4) is 27.9 Å². The summed E-state index contributed by atoms with van der Waals surface area (Å²) in [5.74, 6) is 0. The van der Waals surface area contributed by atoms with Gasteiger partial charge in [-0.05, 0) is 93.2 Å². The Morgan fingerprint density at radius 2 is 1.10 bits per heavy atom. The third-order valence-electron chi connectivity index (χ3n) is 12.6. The first-order valence-corrected chi connectivity index (χ1v) is 20.1. The van der Waals surface area contributed by atoms with Gasteiger partial charge in [0, 0.05) is 44.2 Å². The van der Waals surface area contributed by atoms with Crippen LogP contribution in [0.3, 0.4) is 0 Å². The van der Waals surface area contributed by atoms with Crippen molar-refractivity contribution in [2.24, 2.45) is 0 Å². The fourth-order valence-corrected chi connectivity index (χ4v) is 9.82. The minimum Gasteiger partial charge on any atom is -0.455 e. The molecule has 0 saturated heterocycles. The van der Waals surface area contributed by atoms with Gasteiger partial charge in [0.05, 0.1) is 22.1 Å². The van der Waals surface area contributed by atoms with E-state index in [2.05, 4.69) is 217 Å². The Morgan fingerprint density at radius 3 is 1.91 bits per heavy atom. The van der Waals surface area contributed by atoms with Gasteiger partial charge in [-0.25, -0.2) is 0 Å². The molecule has 0 saturated carbocycles. The maximum Gasteiger partial charge on any atom is 0.145 e. The monoisotopic (exact) mass is 742 g/mol. The standard InChI is InChI=1S/C55H38N2O/c1-55(2)45-32-27-37-17-9-10-20-41(37)51(45)53-46(55)34-49(52-44-22-12-14-24-50(44)58-54(52)53)56(39-28-25-36(26-29-39)35-15-5-3-6-16-35)40-30-31-43-42-21-11-13-23-47(42)57(48(43)33-40)38-18-7-4-8-19-38/h3-34H,1-2H3. The first-order chi connectivity index (χ1) is 28.5. The second-order valence-corrected chi connectivity index (χ2v) is 16.1. The molecule has 0 aliphatic heterocycles. The molecule has 3 heteroatoms. The molecular weight excluding hydrogens is 705 g/mol. The minimum absolute atomic E-state index is 0.275. The van der Waals surface area contributed by atoms with E-state index in [1.807, 2.05) is 0 Å². The van der Waals surface area contributed by atoms with Crippen molar-refractivity contribution in [3.63, 3.8) is 0 Å². The molecule has 12 rings (SSSR count). The summed E-state index contributed by atoms with van der Waals surface area (Å²) in [6, 6.07) is 70.5. The van der Waals surface area contributed by atoms with Gasteiger partial charge in [-0.15, -0.1) is 0 Å². The van der Waals surface area contributed by atoms with Crippen LogP contribution in [0.1, 0.15) is 25.0 Å². The maximum absolute atomic E-state index is 7.09. The number of rotatable bonds is 5. The van der Waals surface area contributed by atoms with Crippen LogP contribution in [0.4, 0.5) is 17.1 Å². The van der Waals surface area contributed by atoms with Crippen LogP contribution in [0.15, 0.2) is 199 Å². The zero-order valence-corrected chi connectivity index (χ0v) is 32.3. The largest absolute Gasteiger partial charge is 0.455 e. The molecule has 2 heterocycles. The summed E-state index contributed by atoms with van der Waals surface area (Å²) in [4.78, 5) is 2.46. The quantitative estimate of drug-likeness (QED) is 0.175. The van der Waals surface area contributed by atoms with Gasteiger partial charge in [0.1, 0.15) is 11.2 Å². The molecule has 9 aromatic carbocycles. The molecule has 0 unspecified atom stereocenters. The number of fused-ring (bicyclic) bond motifs is 12. The molecular formula is C55H38N2O. The molecule has 0 amide bonds. The molecule has 274 valence electrons. The van der Waals surface area contributed by atoms with E-state index in [1.54, 1.807) is 0 Å². The molecule has 0 atom stereocenters. The topological polar surface area (TPSA) is 21.3 Å². The van der Waals surface area contributed by atoms with Gasteiger partial charge in [-0.1, -0.05) is 153 Å². The van der Waals surface area contributed by atoms with Gasteiger partial charge in [0.2, 0.25) is 0 Å². The van der Waals surface area contributed by atoms with Gasteiger partial charge < -0.3 is 13.9 Å². The minimum atomic E-state index is -0.275. The van der Waals surface area contributed by atoms with Crippen molar-refractivity contribution in [2.45, 2.75) is 19.3 Å². The summed E-state index contributed by atoms with van der Waals surface area (Å²) in [5, 5.41) is 7.17. The number of hydrogen-bond acceptors (Lipinski definition) is 2. The van der Waals surface area contributed by atoms with Crippen molar-refractivity contribution in [1.29, 1.82) is 0 Å². The Hall–Kier alpha value is -7.36. The van der Waals surface area contributed by atoms with Crippen LogP contribution in [-0.4, -0.2) is 4.57 Å². The molecule has 0 radical (unpaired) electrons. The molecule has 3 nitrogen and oxygen atoms in total. The predicted octanol–water partition coefficient (Wildman–Crippen LogP) is 15.3. The van der Waals surface area contributed by atoms with Crippen LogP contribution < -0.4 is 4.90 Å². The summed E-state index contributed by atoms with van der Waals surface area (Å²) in [6.07, 6.45) is 0. The summed E-state index contributed by atoms with van der Waals surface area (Å²) >= 11 is 0. The van der Waals surface area contributed by atoms with Crippen molar-refractivity contribution >= 4 is 71.6 Å². The average Bonchev–Trinajstić information content (AvgIpc) is 3.90. The van der Waals surface area contributed by atoms with Crippen molar-refractivity contribution in [1.82, 2.24) is 4.57 Å². The van der Waals surface area contributed by atoms with Crippen LogP contribution in [-0.2, 0) is 5.41 Å². The van der Waals surface area contributed by atoms with Crippen molar-refractivity contribution in [2.75, 3.05) is 4.90 Å². The summed E-state index contributed by atoms with van der Waals surface area (Å²) in [7, 11) is 0. The molecule has 58 heavy (non-hydrogen) atoms. The molecule has 2 aromatic heterocycles. The van der Waals surface area contributed by atoms with Crippen LogP contribution >= 0.6 is 0 Å². The van der Waals surface area contributed by atoms with Crippen LogP contribution in [0, 0.1) is 0 Å². The lowest BCUT2D eigenvalue weighted by atomic mass is 9.81. The van der Waals surface area contributed by atoms with Crippen LogP contribution in [0.25, 0.3) is 82.5 Å². The fourth-order valence-electron chi connectivity index (χ4n) is 9.82. The average molecular weight is 743 g/mol. The smallest absolute Gasteiger partial charge is 0.145 e. The van der Waals surface area contributed by atoms with Crippen molar-refractivity contribution < 1.29 is 4.42 Å². The number of aromatic nitrogens is 1. The molecule has 0 fully saturated rings. The highest BCUT2D eigenvalue weighted by atomic mass is 16.3. The Bertz CT molecular complexity index is 3410. The van der Waals surface area contributed by atoms with E-state index in [9.17, 15) is 0 Å². The van der Waals surface area contributed by atoms with E-state index in [-0.39, 0.29) is 5.41 Å². The highest BCUT2D eigenvalue weighted by Crippen LogP contribution is 2.58. The molecule has 0 N–H and O–H groups in total. The van der Waals surface area contributed by atoms with Gasteiger partial charge in [0.25, 0.3) is 0 Å². The second kappa shape index (κ2) is 12.3. The molecule has 1 aliphatic rings. The van der Waals surface area contributed by atoms with E-state index in [4.69, 9.17) is 4.42 Å². The van der Waals surface area contributed by atoms with E-state index in [0.717, 1.165) is 50.2 Å². The van der Waals surface area contributed by atoms with Gasteiger partial charge >= 0.3 is 0 Å². The third-order valence-corrected chi connectivity index (χ3v) is 12.6. The molecule has 1 aliphatic carbocycles. The fraction of sp³-hybridized carbons (Fsp3) is 0.0545. The number of furan rings is 1. The first-order valence-electron chi connectivity index (χ1n) is 20.1. The van der Waals surface area contributed by atoms with E-state index in [1.165, 1.54) is 60.4 Å². The van der Waals surface area contributed by atoms with E-state index >= 15 is 0 Å². The number of para-hydroxylation sites is 3. The Balaban J connectivity index is 1.19. The van der Waals surface area contributed by atoms with Crippen molar-refractivity contribution in [3.05, 3.63) is 205 Å². The Morgan fingerprint density at radius 1 is 0.466 bits per heavy atom. The van der Waals surface area contributed by atoms with Gasteiger partial charge in [0.15, 0.2) is 0 Å². The highest BCUT2D eigenvalue weighted by molar-refractivity contribution is 6.21. The Labute approximate surface area is 336 Å². The second-order valence-electron chi connectivity index (χ2n) is 16.1. The summed E-state index contributed by atoms with van der Waals surface area (Å²) < 4.78 is 9.49. The zero-order chi connectivity index (χ0) is 38.5. The Kier molecular flexibility index (Phi) is 6.98.